The maximum Gasteiger partial charge on any atom is 0.201 e. The summed E-state index contributed by atoms with van der Waals surface area (Å²) in [6.45, 7) is 0.249. The van der Waals surface area contributed by atoms with E-state index >= 15 is 0 Å². The number of carbonyl (C=O) groups is 1. The number of hydrogen-bond donors (Lipinski definition) is 0. The van der Waals surface area contributed by atoms with Crippen LogP contribution >= 0.6 is 15.9 Å². The summed E-state index contributed by atoms with van der Waals surface area (Å²) in [6.07, 6.45) is 3.31. The number of nitrogens with zero attached hydrogens (tertiary/aromatic N) is 4. The lowest BCUT2D eigenvalue weighted by atomic mass is 10.2. The summed E-state index contributed by atoms with van der Waals surface area (Å²) in [5.74, 6) is -0.00460. The molecule has 3 rings (SSSR count). The Morgan fingerprint density at radius 1 is 1.37 bits per heavy atom. The third-order valence-electron chi connectivity index (χ3n) is 3.00. The van der Waals surface area contributed by atoms with E-state index in [2.05, 4.69) is 26.0 Å². The Morgan fingerprint density at radius 3 is 2.89 bits per heavy atom. The molecule has 1 aromatic carbocycles. The molecule has 0 atom stereocenters. The highest BCUT2D eigenvalue weighted by Crippen LogP contribution is 2.18. The Kier molecular flexibility index (Phi) is 2.94. The average molecular weight is 319 g/mol. The summed E-state index contributed by atoms with van der Waals surface area (Å²) in [5.41, 5.74) is 2.41. The third-order valence-corrected chi connectivity index (χ3v) is 3.58. The first-order valence-corrected chi connectivity index (χ1v) is 6.56. The van der Waals surface area contributed by atoms with Crippen LogP contribution in [-0.2, 0) is 13.6 Å². The molecule has 0 radical (unpaired) electrons. The third kappa shape index (κ3) is 2.08. The van der Waals surface area contributed by atoms with E-state index in [-0.39, 0.29) is 12.3 Å². The molecule has 0 N–H and O–H groups in total. The van der Waals surface area contributed by atoms with Crippen LogP contribution in [0, 0.1) is 0 Å². The maximum absolute atomic E-state index is 12.3. The molecule has 2 aromatic heterocycles. The van der Waals surface area contributed by atoms with E-state index in [1.807, 2.05) is 28.8 Å². The SMILES string of the molecule is Cn1ncc(Br)c1C(=O)Cn1cnc2ccccc21. The van der Waals surface area contributed by atoms with Crippen molar-refractivity contribution in [1.82, 2.24) is 19.3 Å². The number of imidazole rings is 1. The molecule has 2 heterocycles. The Hall–Kier alpha value is -1.95. The molecule has 0 saturated carbocycles. The molecule has 96 valence electrons. The van der Waals surface area contributed by atoms with Gasteiger partial charge in [0, 0.05) is 7.05 Å². The van der Waals surface area contributed by atoms with Gasteiger partial charge in [0.2, 0.25) is 5.78 Å². The van der Waals surface area contributed by atoms with E-state index in [0.717, 1.165) is 11.0 Å². The Balaban J connectivity index is 1.96. The largest absolute Gasteiger partial charge is 0.323 e. The van der Waals surface area contributed by atoms with Gasteiger partial charge in [0.15, 0.2) is 0 Å². The molecule has 5 nitrogen and oxygen atoms in total. The molecule has 19 heavy (non-hydrogen) atoms. The van der Waals surface area contributed by atoms with Crippen LogP contribution in [0.2, 0.25) is 0 Å². The number of para-hydroxylation sites is 2. The predicted molar refractivity (Wildman–Crippen MR) is 75.0 cm³/mol. The van der Waals surface area contributed by atoms with Crippen molar-refractivity contribution < 1.29 is 4.79 Å². The number of ketones is 1. The van der Waals surface area contributed by atoms with E-state index < -0.39 is 0 Å². The lowest BCUT2D eigenvalue weighted by Gasteiger charge is -2.04. The molecule has 0 spiro atoms. The first-order valence-electron chi connectivity index (χ1n) is 5.77. The first-order chi connectivity index (χ1) is 9.16. The standard InChI is InChI=1S/C13H11BrN4O/c1-17-13(9(14)6-16-17)12(19)7-18-8-15-10-4-2-3-5-11(10)18/h2-6,8H,7H2,1H3. The van der Waals surface area contributed by atoms with Crippen molar-refractivity contribution >= 4 is 32.7 Å². The van der Waals surface area contributed by atoms with Gasteiger partial charge < -0.3 is 4.57 Å². The number of hydrogen-bond acceptors (Lipinski definition) is 3. The quantitative estimate of drug-likeness (QED) is 0.697. The van der Waals surface area contributed by atoms with Crippen LogP contribution in [0.3, 0.4) is 0 Å². The lowest BCUT2D eigenvalue weighted by molar-refractivity contribution is 0.0963. The van der Waals surface area contributed by atoms with Crippen molar-refractivity contribution in [3.8, 4) is 0 Å². The van der Waals surface area contributed by atoms with Gasteiger partial charge in [0.25, 0.3) is 0 Å². The summed E-state index contributed by atoms with van der Waals surface area (Å²) < 4.78 is 4.13. The first kappa shape index (κ1) is 12.1. The number of fused-ring (bicyclic) bond motifs is 1. The highest BCUT2D eigenvalue weighted by Gasteiger charge is 2.16. The molecule has 0 aliphatic carbocycles. The highest BCUT2D eigenvalue weighted by molar-refractivity contribution is 9.10. The number of benzene rings is 1. The van der Waals surface area contributed by atoms with Crippen molar-refractivity contribution in [3.05, 3.63) is 47.0 Å². The minimum absolute atomic E-state index is 0.00460. The van der Waals surface area contributed by atoms with Crippen LogP contribution in [0.25, 0.3) is 11.0 Å². The average Bonchev–Trinajstić information content (AvgIpc) is 2.94. The molecule has 0 aliphatic rings. The fraction of sp³-hybridized carbons (Fsp3) is 0.154. The van der Waals surface area contributed by atoms with Gasteiger partial charge in [-0.05, 0) is 28.1 Å². The molecule has 6 heteroatoms. The lowest BCUT2D eigenvalue weighted by Crippen LogP contribution is -2.14. The van der Waals surface area contributed by atoms with Crippen LogP contribution in [0.15, 0.2) is 41.3 Å². The van der Waals surface area contributed by atoms with Crippen molar-refractivity contribution in [2.75, 3.05) is 0 Å². The van der Waals surface area contributed by atoms with Gasteiger partial charge in [-0.15, -0.1) is 0 Å². The monoisotopic (exact) mass is 318 g/mol. The second-order valence-corrected chi connectivity index (χ2v) is 5.10. The Bertz CT molecular complexity index is 739. The van der Waals surface area contributed by atoms with E-state index in [0.29, 0.717) is 10.2 Å². The van der Waals surface area contributed by atoms with Gasteiger partial charge in [-0.25, -0.2) is 4.98 Å². The van der Waals surface area contributed by atoms with Crippen LogP contribution in [-0.4, -0.2) is 25.1 Å². The van der Waals surface area contributed by atoms with Crippen molar-refractivity contribution in [2.45, 2.75) is 6.54 Å². The van der Waals surface area contributed by atoms with Gasteiger partial charge in [-0.1, -0.05) is 12.1 Å². The van der Waals surface area contributed by atoms with Crippen LogP contribution < -0.4 is 0 Å². The second-order valence-electron chi connectivity index (χ2n) is 4.25. The summed E-state index contributed by atoms with van der Waals surface area (Å²) in [7, 11) is 1.75. The Labute approximate surface area is 118 Å². The smallest absolute Gasteiger partial charge is 0.201 e. The van der Waals surface area contributed by atoms with E-state index in [9.17, 15) is 4.79 Å². The van der Waals surface area contributed by atoms with Gasteiger partial charge in [-0.2, -0.15) is 5.10 Å². The number of rotatable bonds is 3. The van der Waals surface area contributed by atoms with E-state index in [1.54, 1.807) is 24.3 Å². The summed E-state index contributed by atoms with van der Waals surface area (Å²) in [6, 6.07) is 7.74. The molecule has 0 bridgehead atoms. The fourth-order valence-electron chi connectivity index (χ4n) is 2.09. The summed E-state index contributed by atoms with van der Waals surface area (Å²) >= 11 is 3.34. The molecule has 0 aliphatic heterocycles. The zero-order valence-corrected chi connectivity index (χ0v) is 11.8. The maximum atomic E-state index is 12.3. The number of halogens is 1. The zero-order valence-electron chi connectivity index (χ0n) is 10.2. The van der Waals surface area contributed by atoms with Crippen LogP contribution in [0.4, 0.5) is 0 Å². The predicted octanol–water partition coefficient (Wildman–Crippen LogP) is 2.42. The van der Waals surface area contributed by atoms with E-state index in [1.165, 1.54) is 0 Å². The fourth-order valence-corrected chi connectivity index (χ4v) is 2.66. The summed E-state index contributed by atoms with van der Waals surface area (Å²) in [5, 5.41) is 4.05. The number of aromatic nitrogens is 4. The van der Waals surface area contributed by atoms with Gasteiger partial charge in [0.1, 0.15) is 5.69 Å². The van der Waals surface area contributed by atoms with Crippen molar-refractivity contribution in [2.24, 2.45) is 7.05 Å². The minimum Gasteiger partial charge on any atom is -0.323 e. The molecule has 0 saturated heterocycles. The van der Waals surface area contributed by atoms with Crippen LogP contribution in [0.1, 0.15) is 10.5 Å². The topological polar surface area (TPSA) is 52.7 Å². The Morgan fingerprint density at radius 2 is 2.16 bits per heavy atom. The van der Waals surface area contributed by atoms with Gasteiger partial charge in [-0.3, -0.25) is 9.48 Å². The number of aryl methyl sites for hydroxylation is 1. The van der Waals surface area contributed by atoms with Gasteiger partial charge in [0.05, 0.1) is 34.6 Å². The van der Waals surface area contributed by atoms with E-state index in [4.69, 9.17) is 0 Å². The molecular formula is C13H11BrN4O. The molecule has 0 fully saturated rings. The van der Waals surface area contributed by atoms with Gasteiger partial charge >= 0.3 is 0 Å². The zero-order chi connectivity index (χ0) is 13.4. The molecule has 0 amide bonds. The molecule has 3 aromatic rings. The minimum atomic E-state index is -0.00460. The highest BCUT2D eigenvalue weighted by atomic mass is 79.9. The summed E-state index contributed by atoms with van der Waals surface area (Å²) in [4.78, 5) is 16.6. The number of Topliss-reactive ketones (excluding diaryl/α,β-unsaturated/α-hetero) is 1. The normalized spacial score (nSPS) is 11.1. The molecule has 0 unspecified atom stereocenters. The van der Waals surface area contributed by atoms with Crippen molar-refractivity contribution in [3.63, 3.8) is 0 Å². The second kappa shape index (κ2) is 4.62. The van der Waals surface area contributed by atoms with Crippen LogP contribution in [0.5, 0.6) is 0 Å². The number of carbonyl (C=O) groups excluding carboxylic acids is 1. The molecular weight excluding hydrogens is 308 g/mol. The van der Waals surface area contributed by atoms with Crippen molar-refractivity contribution in [1.29, 1.82) is 0 Å².